The van der Waals surface area contributed by atoms with E-state index in [4.69, 9.17) is 9.47 Å². The summed E-state index contributed by atoms with van der Waals surface area (Å²) in [6.07, 6.45) is -10.8. The lowest BCUT2D eigenvalue weighted by Crippen LogP contribution is -2.60. The molecule has 2 aromatic carbocycles. The van der Waals surface area contributed by atoms with Gasteiger partial charge in [-0.15, -0.1) is 0 Å². The first-order chi connectivity index (χ1) is 18.7. The van der Waals surface area contributed by atoms with E-state index in [-0.39, 0.29) is 16.9 Å². The maximum absolute atomic E-state index is 15.3. The van der Waals surface area contributed by atoms with E-state index in [1.54, 1.807) is 6.92 Å². The Kier molecular flexibility index (Phi) is 9.64. The van der Waals surface area contributed by atoms with Gasteiger partial charge in [0.1, 0.15) is 22.9 Å². The number of halogens is 7. The van der Waals surface area contributed by atoms with Gasteiger partial charge < -0.3 is 14.8 Å². The molecular weight excluding hydrogens is 569 g/mol. The Morgan fingerprint density at radius 2 is 1.70 bits per heavy atom. The molecule has 1 aliphatic rings. The van der Waals surface area contributed by atoms with Gasteiger partial charge in [0.05, 0.1) is 13.2 Å². The van der Waals surface area contributed by atoms with E-state index in [9.17, 15) is 35.9 Å². The molecule has 218 valence electrons. The number of carbonyl (C=O) groups is 2. The van der Waals surface area contributed by atoms with Crippen LogP contribution >= 0.6 is 11.9 Å². The van der Waals surface area contributed by atoms with Gasteiger partial charge in [0.2, 0.25) is 0 Å². The number of hydrogen-bond donors (Lipinski definition) is 2. The zero-order valence-electron chi connectivity index (χ0n) is 21.3. The fourth-order valence-corrected chi connectivity index (χ4v) is 4.51. The van der Waals surface area contributed by atoms with Crippen molar-refractivity contribution in [3.05, 3.63) is 65.0 Å². The van der Waals surface area contributed by atoms with E-state index in [0.29, 0.717) is 18.4 Å². The highest BCUT2D eigenvalue weighted by atomic mass is 32.2. The van der Waals surface area contributed by atoms with Gasteiger partial charge in [-0.1, -0.05) is 24.1 Å². The Labute approximate surface area is 229 Å². The first-order valence-corrected chi connectivity index (χ1v) is 13.1. The lowest BCUT2D eigenvalue weighted by molar-refractivity contribution is -0.202. The Hall–Kier alpha value is -3.42. The van der Waals surface area contributed by atoms with E-state index in [1.807, 2.05) is 5.32 Å². The lowest BCUT2D eigenvalue weighted by atomic mass is 9.76. The van der Waals surface area contributed by atoms with Gasteiger partial charge in [0, 0.05) is 30.7 Å². The van der Waals surface area contributed by atoms with Gasteiger partial charge in [-0.3, -0.25) is 14.3 Å². The molecular formula is C26H25F7N2O4S. The number of rotatable bonds is 10. The average Bonchev–Trinajstić information content (AvgIpc) is 2.85. The monoisotopic (exact) mass is 594 g/mol. The summed E-state index contributed by atoms with van der Waals surface area (Å²) < 4.78 is 109. The maximum atomic E-state index is 15.3. The van der Waals surface area contributed by atoms with E-state index in [2.05, 4.69) is 4.72 Å². The first kappa shape index (κ1) is 31.1. The molecule has 3 rings (SSSR count). The van der Waals surface area contributed by atoms with Crippen LogP contribution in [0.15, 0.2) is 48.0 Å². The van der Waals surface area contributed by atoms with Crippen molar-refractivity contribution < 1.29 is 49.8 Å². The molecule has 0 bridgehead atoms. The van der Waals surface area contributed by atoms with Gasteiger partial charge >= 0.3 is 12.4 Å². The quantitative estimate of drug-likeness (QED) is 0.151. The van der Waals surface area contributed by atoms with E-state index in [1.165, 1.54) is 30.5 Å². The maximum Gasteiger partial charge on any atom is 0.416 e. The minimum atomic E-state index is -5.24. The molecule has 0 radical (unpaired) electrons. The summed E-state index contributed by atoms with van der Waals surface area (Å²) in [5, 5.41) is 1.81. The van der Waals surface area contributed by atoms with Crippen LogP contribution < -0.4 is 19.5 Å². The normalized spacial score (nSPS) is 17.9. The van der Waals surface area contributed by atoms with Crippen LogP contribution in [0.1, 0.15) is 37.3 Å². The highest BCUT2D eigenvalue weighted by Crippen LogP contribution is 2.49. The Balaban J connectivity index is 2.06. The van der Waals surface area contributed by atoms with Crippen LogP contribution in [0.4, 0.5) is 30.7 Å². The molecule has 0 saturated heterocycles. The van der Waals surface area contributed by atoms with Crippen molar-refractivity contribution in [2.45, 2.75) is 44.1 Å². The second-order valence-electron chi connectivity index (χ2n) is 8.69. The largest absolute Gasteiger partial charge is 0.494 e. The topological polar surface area (TPSA) is 76.7 Å². The number of carbonyl (C=O) groups excluding carboxylic acids is 2. The van der Waals surface area contributed by atoms with Crippen LogP contribution in [0.3, 0.4) is 0 Å². The van der Waals surface area contributed by atoms with Gasteiger partial charge in [0.15, 0.2) is 5.54 Å². The Morgan fingerprint density at radius 1 is 1.05 bits per heavy atom. The molecule has 2 aromatic rings. The second kappa shape index (κ2) is 12.4. The molecule has 0 fully saturated rings. The molecule has 40 heavy (non-hydrogen) atoms. The van der Waals surface area contributed by atoms with E-state index in [0.717, 1.165) is 24.1 Å². The fraction of sp³-hybridized carbons (Fsp3) is 0.385. The zero-order valence-corrected chi connectivity index (χ0v) is 22.1. The summed E-state index contributed by atoms with van der Waals surface area (Å²) >= 11 is 0.835. The van der Waals surface area contributed by atoms with Crippen molar-refractivity contribution >= 4 is 29.3 Å². The van der Waals surface area contributed by atoms with Crippen LogP contribution in [0.2, 0.25) is 0 Å². The average molecular weight is 595 g/mol. The van der Waals surface area contributed by atoms with Crippen molar-refractivity contribution in [1.29, 1.82) is 0 Å². The van der Waals surface area contributed by atoms with Crippen molar-refractivity contribution in [2.75, 3.05) is 19.5 Å². The van der Waals surface area contributed by atoms with Crippen LogP contribution in [0.25, 0.3) is 5.57 Å². The zero-order chi connectivity index (χ0) is 29.7. The molecule has 0 aromatic heterocycles. The van der Waals surface area contributed by atoms with E-state index >= 15 is 4.39 Å². The van der Waals surface area contributed by atoms with Crippen molar-refractivity contribution in [1.82, 2.24) is 10.0 Å². The van der Waals surface area contributed by atoms with Crippen LogP contribution in [0, 0.1) is 5.82 Å². The summed E-state index contributed by atoms with van der Waals surface area (Å²) in [6.45, 7) is 1.61. The SMILES string of the molecule is CCOc1ccc(C2=C(C(=O)NSC)C(=O)N[C@@](c3ccc(OCCCC(F)(F)F)cc3F)(C(F)(F)F)C2)cc1. The number of amides is 2. The number of benzene rings is 2. The van der Waals surface area contributed by atoms with Crippen molar-refractivity contribution in [3.8, 4) is 11.5 Å². The van der Waals surface area contributed by atoms with Crippen LogP contribution in [-0.4, -0.2) is 43.6 Å². The number of nitrogens with one attached hydrogen (secondary N) is 2. The molecule has 2 N–H and O–H groups in total. The van der Waals surface area contributed by atoms with Crippen molar-refractivity contribution in [2.24, 2.45) is 0 Å². The third-order valence-electron chi connectivity index (χ3n) is 5.99. The summed E-state index contributed by atoms with van der Waals surface area (Å²) in [5.74, 6) is -3.60. The fourth-order valence-electron chi connectivity index (χ4n) is 4.22. The smallest absolute Gasteiger partial charge is 0.416 e. The summed E-state index contributed by atoms with van der Waals surface area (Å²) in [6, 6.07) is 8.04. The van der Waals surface area contributed by atoms with Gasteiger partial charge in [0.25, 0.3) is 11.8 Å². The predicted molar refractivity (Wildman–Crippen MR) is 134 cm³/mol. The molecule has 1 heterocycles. The number of ether oxygens (including phenoxy) is 2. The second-order valence-corrected chi connectivity index (χ2v) is 9.30. The lowest BCUT2D eigenvalue weighted by Gasteiger charge is -2.41. The highest BCUT2D eigenvalue weighted by Gasteiger charge is 2.61. The van der Waals surface area contributed by atoms with Crippen LogP contribution in [-0.2, 0) is 15.1 Å². The van der Waals surface area contributed by atoms with Crippen molar-refractivity contribution in [3.63, 3.8) is 0 Å². The summed E-state index contributed by atoms with van der Waals surface area (Å²) in [4.78, 5) is 25.9. The van der Waals surface area contributed by atoms with E-state index < -0.39 is 72.5 Å². The standard InChI is InChI=1S/C26H25F7N2O4S/c1-3-38-16-7-5-15(6-8-16)18-14-24(26(31,32)33,34-22(36)21(18)23(37)35-40-2)19-10-9-17(13-20(19)27)39-12-4-11-25(28,29)30/h5-10,13H,3-4,11-12,14H2,1-2H3,(H,34,36)(H,35,37)/t24-/m0/s1. The molecule has 0 aliphatic carbocycles. The number of alkyl halides is 6. The molecule has 14 heteroatoms. The predicted octanol–water partition coefficient (Wildman–Crippen LogP) is 6.07. The van der Waals surface area contributed by atoms with Gasteiger partial charge in [-0.25, -0.2) is 4.39 Å². The third kappa shape index (κ3) is 7.01. The third-order valence-corrected chi connectivity index (χ3v) is 6.38. The summed E-state index contributed by atoms with van der Waals surface area (Å²) in [5.41, 5.74) is -4.96. The minimum Gasteiger partial charge on any atom is -0.494 e. The van der Waals surface area contributed by atoms with Crippen LogP contribution in [0.5, 0.6) is 11.5 Å². The minimum absolute atomic E-state index is 0.114. The molecule has 6 nitrogen and oxygen atoms in total. The molecule has 1 atom stereocenters. The first-order valence-electron chi connectivity index (χ1n) is 11.9. The summed E-state index contributed by atoms with van der Waals surface area (Å²) in [7, 11) is 0. The highest BCUT2D eigenvalue weighted by molar-refractivity contribution is 7.97. The Bertz CT molecular complexity index is 1260. The molecule has 1 aliphatic heterocycles. The Morgan fingerprint density at radius 3 is 2.25 bits per heavy atom. The van der Waals surface area contributed by atoms with Gasteiger partial charge in [-0.2, -0.15) is 26.3 Å². The molecule has 0 unspecified atom stereocenters. The molecule has 0 saturated carbocycles. The molecule has 0 spiro atoms. The molecule has 2 amide bonds. The van der Waals surface area contributed by atoms with Gasteiger partial charge in [-0.05, 0) is 48.7 Å². The number of hydrogen-bond acceptors (Lipinski definition) is 5.